The van der Waals surface area contributed by atoms with E-state index in [0.29, 0.717) is 5.75 Å². The number of rotatable bonds is 8. The van der Waals surface area contributed by atoms with E-state index in [1.165, 1.54) is 6.42 Å². The lowest BCUT2D eigenvalue weighted by Crippen LogP contribution is -2.46. The molecule has 2 aromatic rings. The molecule has 1 saturated carbocycles. The molecule has 0 unspecified atom stereocenters. The number of nitrogens with one attached hydrogen (secondary N) is 3. The number of imide groups is 1. The van der Waals surface area contributed by atoms with Crippen molar-refractivity contribution in [1.82, 2.24) is 10.6 Å². The first kappa shape index (κ1) is 22.1. The monoisotopic (exact) mass is 425 g/mol. The minimum atomic E-state index is -0.700. The van der Waals surface area contributed by atoms with Crippen molar-refractivity contribution in [3.63, 3.8) is 0 Å². The fraction of sp³-hybridized carbons (Fsp3) is 0.348. The summed E-state index contributed by atoms with van der Waals surface area (Å²) in [7, 11) is 0. The molecule has 0 spiro atoms. The predicted molar refractivity (Wildman–Crippen MR) is 116 cm³/mol. The number of carbonyl (C=O) groups excluding carboxylic acids is 3. The molecular weight excluding hydrogens is 398 g/mol. The van der Waals surface area contributed by atoms with Crippen LogP contribution in [0.4, 0.5) is 16.2 Å². The molecule has 3 rings (SSSR count). The molecule has 0 atom stereocenters. The highest BCUT2D eigenvalue weighted by molar-refractivity contribution is 5.95. The van der Waals surface area contributed by atoms with E-state index in [0.717, 1.165) is 37.1 Å². The van der Waals surface area contributed by atoms with Crippen LogP contribution in [0.1, 0.15) is 32.1 Å². The van der Waals surface area contributed by atoms with E-state index in [-0.39, 0.29) is 12.6 Å². The number of carbonyl (C=O) groups is 3. The van der Waals surface area contributed by atoms with Crippen LogP contribution >= 0.6 is 0 Å². The number of anilines is 2. The highest BCUT2D eigenvalue weighted by atomic mass is 16.6. The maximum atomic E-state index is 11.8. The van der Waals surface area contributed by atoms with Crippen LogP contribution in [0.5, 0.6) is 5.75 Å². The quantitative estimate of drug-likeness (QED) is 0.559. The molecule has 0 heterocycles. The molecule has 2 aromatic carbocycles. The standard InChI is InChI=1S/C23H27N3O5/c27-21(26-23(29)25-18-9-5-2-6-10-18)15-31-22(28)16-30-20-13-11-19(12-14-20)24-17-7-3-1-4-8-17/h1,3-4,7-8,11-14,18,24H,2,5-6,9-10,15-16H2,(H2,25,26,27,29). The van der Waals surface area contributed by atoms with E-state index in [4.69, 9.17) is 9.47 Å². The summed E-state index contributed by atoms with van der Waals surface area (Å²) in [5.41, 5.74) is 1.84. The van der Waals surface area contributed by atoms with Crippen molar-refractivity contribution in [3.8, 4) is 5.75 Å². The van der Waals surface area contributed by atoms with Gasteiger partial charge in [0.15, 0.2) is 13.2 Å². The number of amides is 3. The van der Waals surface area contributed by atoms with Crippen LogP contribution in [-0.2, 0) is 14.3 Å². The Morgan fingerprint density at radius 3 is 2.23 bits per heavy atom. The third kappa shape index (κ3) is 8.00. The van der Waals surface area contributed by atoms with Gasteiger partial charge in [-0.15, -0.1) is 0 Å². The molecule has 0 bridgehead atoms. The summed E-state index contributed by atoms with van der Waals surface area (Å²) in [6.45, 7) is -0.882. The second-order valence-electron chi connectivity index (χ2n) is 7.32. The van der Waals surface area contributed by atoms with Crippen molar-refractivity contribution < 1.29 is 23.9 Å². The number of ether oxygens (including phenoxy) is 2. The maximum absolute atomic E-state index is 11.8. The molecule has 164 valence electrons. The van der Waals surface area contributed by atoms with Gasteiger partial charge in [0.2, 0.25) is 0 Å². The second-order valence-corrected chi connectivity index (χ2v) is 7.32. The van der Waals surface area contributed by atoms with E-state index in [9.17, 15) is 14.4 Å². The second kappa shape index (κ2) is 11.6. The number of urea groups is 1. The third-order valence-corrected chi connectivity index (χ3v) is 4.83. The molecule has 0 saturated heterocycles. The molecule has 31 heavy (non-hydrogen) atoms. The normalized spacial score (nSPS) is 13.7. The van der Waals surface area contributed by atoms with Crippen LogP contribution in [0, 0.1) is 0 Å². The molecule has 0 radical (unpaired) electrons. The van der Waals surface area contributed by atoms with Gasteiger partial charge < -0.3 is 20.1 Å². The summed E-state index contributed by atoms with van der Waals surface area (Å²) >= 11 is 0. The molecule has 1 fully saturated rings. The van der Waals surface area contributed by atoms with Crippen LogP contribution in [-0.4, -0.2) is 37.2 Å². The summed E-state index contributed by atoms with van der Waals surface area (Å²) in [6, 6.07) is 16.4. The fourth-order valence-electron chi connectivity index (χ4n) is 3.28. The maximum Gasteiger partial charge on any atom is 0.344 e. The van der Waals surface area contributed by atoms with Gasteiger partial charge in [-0.2, -0.15) is 0 Å². The molecule has 3 N–H and O–H groups in total. The van der Waals surface area contributed by atoms with Gasteiger partial charge in [0.05, 0.1) is 0 Å². The minimum absolute atomic E-state index is 0.0896. The summed E-state index contributed by atoms with van der Waals surface area (Å²) in [6.07, 6.45) is 5.14. The first-order valence-electron chi connectivity index (χ1n) is 10.4. The molecule has 0 aliphatic heterocycles. The zero-order valence-corrected chi connectivity index (χ0v) is 17.3. The molecule has 3 amide bonds. The summed E-state index contributed by atoms with van der Waals surface area (Å²) in [4.78, 5) is 35.4. The zero-order valence-electron chi connectivity index (χ0n) is 17.3. The van der Waals surface area contributed by atoms with Gasteiger partial charge in [-0.05, 0) is 49.2 Å². The summed E-state index contributed by atoms with van der Waals surface area (Å²) in [5, 5.41) is 8.18. The Morgan fingerprint density at radius 2 is 1.52 bits per heavy atom. The van der Waals surface area contributed by atoms with E-state index >= 15 is 0 Å². The molecule has 1 aliphatic rings. The first-order chi connectivity index (χ1) is 15.1. The van der Waals surface area contributed by atoms with Gasteiger partial charge in [0.25, 0.3) is 5.91 Å². The van der Waals surface area contributed by atoms with Crippen molar-refractivity contribution in [2.45, 2.75) is 38.1 Å². The molecule has 8 nitrogen and oxygen atoms in total. The van der Waals surface area contributed by atoms with Crippen LogP contribution in [0.15, 0.2) is 54.6 Å². The number of esters is 1. The average Bonchev–Trinajstić information content (AvgIpc) is 2.78. The van der Waals surface area contributed by atoms with Gasteiger partial charge in [0.1, 0.15) is 5.75 Å². The molecule has 0 aromatic heterocycles. The average molecular weight is 425 g/mol. The fourth-order valence-corrected chi connectivity index (χ4v) is 3.28. The smallest absolute Gasteiger partial charge is 0.344 e. The first-order valence-corrected chi connectivity index (χ1v) is 10.4. The van der Waals surface area contributed by atoms with Crippen molar-refractivity contribution >= 4 is 29.3 Å². The Bertz CT molecular complexity index is 865. The van der Waals surface area contributed by atoms with Crippen LogP contribution in [0.25, 0.3) is 0 Å². The Labute approximate surface area is 181 Å². The van der Waals surface area contributed by atoms with Gasteiger partial charge >= 0.3 is 12.0 Å². The number of para-hydroxylation sites is 1. The van der Waals surface area contributed by atoms with Gasteiger partial charge in [-0.3, -0.25) is 10.1 Å². The van der Waals surface area contributed by atoms with Crippen molar-refractivity contribution in [3.05, 3.63) is 54.6 Å². The lowest BCUT2D eigenvalue weighted by Gasteiger charge is -2.22. The number of hydrogen-bond donors (Lipinski definition) is 3. The van der Waals surface area contributed by atoms with Crippen LogP contribution in [0.2, 0.25) is 0 Å². The summed E-state index contributed by atoms with van der Waals surface area (Å²) < 4.78 is 10.2. The lowest BCUT2D eigenvalue weighted by molar-refractivity contribution is -0.150. The van der Waals surface area contributed by atoms with Crippen molar-refractivity contribution in [1.29, 1.82) is 0 Å². The Hall–Kier alpha value is -3.55. The van der Waals surface area contributed by atoms with Crippen LogP contribution in [0.3, 0.4) is 0 Å². The van der Waals surface area contributed by atoms with E-state index in [2.05, 4.69) is 16.0 Å². The van der Waals surface area contributed by atoms with E-state index in [1.807, 2.05) is 42.5 Å². The minimum Gasteiger partial charge on any atom is -0.482 e. The molecular formula is C23H27N3O5. The van der Waals surface area contributed by atoms with E-state index in [1.54, 1.807) is 12.1 Å². The zero-order chi connectivity index (χ0) is 21.9. The topological polar surface area (TPSA) is 106 Å². The highest BCUT2D eigenvalue weighted by Gasteiger charge is 2.17. The van der Waals surface area contributed by atoms with E-state index < -0.39 is 24.5 Å². The van der Waals surface area contributed by atoms with Gasteiger partial charge in [-0.25, -0.2) is 9.59 Å². The van der Waals surface area contributed by atoms with Crippen molar-refractivity contribution in [2.24, 2.45) is 0 Å². The van der Waals surface area contributed by atoms with Gasteiger partial charge in [0, 0.05) is 17.4 Å². The largest absolute Gasteiger partial charge is 0.482 e. The van der Waals surface area contributed by atoms with Crippen molar-refractivity contribution in [2.75, 3.05) is 18.5 Å². The lowest BCUT2D eigenvalue weighted by atomic mass is 9.96. The van der Waals surface area contributed by atoms with Gasteiger partial charge in [-0.1, -0.05) is 37.5 Å². The molecule has 8 heteroatoms. The Kier molecular flexibility index (Phi) is 8.28. The Morgan fingerprint density at radius 1 is 0.839 bits per heavy atom. The SMILES string of the molecule is O=C(COC(=O)COc1ccc(Nc2ccccc2)cc1)NC(=O)NC1CCCCC1. The molecule has 1 aliphatic carbocycles. The summed E-state index contributed by atoms with van der Waals surface area (Å²) in [5.74, 6) is -0.890. The van der Waals surface area contributed by atoms with Crippen LogP contribution < -0.4 is 20.7 Å². The third-order valence-electron chi connectivity index (χ3n) is 4.83. The predicted octanol–water partition coefficient (Wildman–Crippen LogP) is 3.51. The highest BCUT2D eigenvalue weighted by Crippen LogP contribution is 2.20. The Balaban J connectivity index is 1.32. The number of benzene rings is 2. The number of hydrogen-bond acceptors (Lipinski definition) is 6.